The SMILES string of the molecule is NC1CCC(C2CCC(CCC=C(F)F)CC2)CC1. The summed E-state index contributed by atoms with van der Waals surface area (Å²) in [7, 11) is 0. The molecule has 0 aromatic heterocycles. The van der Waals surface area contributed by atoms with Crippen LogP contribution in [-0.2, 0) is 0 Å². The van der Waals surface area contributed by atoms with Gasteiger partial charge in [-0.05, 0) is 75.2 Å². The average Bonchev–Trinajstić information content (AvgIpc) is 2.40. The lowest BCUT2D eigenvalue weighted by Gasteiger charge is -2.37. The maximum Gasteiger partial charge on any atom is 0.266 e. The molecule has 0 bridgehead atoms. The van der Waals surface area contributed by atoms with Crippen molar-refractivity contribution in [2.24, 2.45) is 23.5 Å². The van der Waals surface area contributed by atoms with E-state index in [-0.39, 0.29) is 0 Å². The molecule has 0 aromatic rings. The minimum atomic E-state index is -1.52. The molecule has 0 aromatic carbocycles. The van der Waals surface area contributed by atoms with Gasteiger partial charge in [0.05, 0.1) is 0 Å². The van der Waals surface area contributed by atoms with Crippen LogP contribution in [0.1, 0.15) is 64.2 Å². The summed E-state index contributed by atoms with van der Waals surface area (Å²) in [5.74, 6) is 2.46. The molecule has 0 unspecified atom stereocenters. The molecule has 0 amide bonds. The number of hydrogen-bond acceptors (Lipinski definition) is 1. The predicted octanol–water partition coefficient (Wildman–Crippen LogP) is 4.87. The average molecular weight is 271 g/mol. The molecule has 1 nitrogen and oxygen atoms in total. The Morgan fingerprint density at radius 2 is 1.42 bits per heavy atom. The monoisotopic (exact) mass is 271 g/mol. The van der Waals surface area contributed by atoms with Crippen molar-refractivity contribution in [2.75, 3.05) is 0 Å². The predicted molar refractivity (Wildman–Crippen MR) is 74.9 cm³/mol. The molecule has 19 heavy (non-hydrogen) atoms. The topological polar surface area (TPSA) is 26.0 Å². The van der Waals surface area contributed by atoms with E-state index in [9.17, 15) is 8.78 Å². The smallest absolute Gasteiger partial charge is 0.266 e. The third kappa shape index (κ3) is 4.87. The second kappa shape index (κ2) is 7.37. The van der Waals surface area contributed by atoms with Crippen LogP contribution in [-0.4, -0.2) is 6.04 Å². The van der Waals surface area contributed by atoms with Crippen LogP contribution in [0.2, 0.25) is 0 Å². The van der Waals surface area contributed by atoms with Crippen LogP contribution in [0.15, 0.2) is 12.2 Å². The molecular weight excluding hydrogens is 244 g/mol. The van der Waals surface area contributed by atoms with Gasteiger partial charge in [-0.1, -0.05) is 12.8 Å². The van der Waals surface area contributed by atoms with Gasteiger partial charge in [0.25, 0.3) is 6.08 Å². The first-order chi connectivity index (χ1) is 9.15. The fourth-order valence-corrected chi connectivity index (χ4v) is 3.99. The fourth-order valence-electron chi connectivity index (χ4n) is 3.99. The van der Waals surface area contributed by atoms with Crippen molar-refractivity contribution >= 4 is 0 Å². The summed E-state index contributed by atoms with van der Waals surface area (Å²) < 4.78 is 24.0. The molecule has 0 spiro atoms. The van der Waals surface area contributed by atoms with Gasteiger partial charge in [0.15, 0.2) is 0 Å². The van der Waals surface area contributed by atoms with Crippen LogP contribution in [0.25, 0.3) is 0 Å². The van der Waals surface area contributed by atoms with Crippen LogP contribution in [0, 0.1) is 17.8 Å². The van der Waals surface area contributed by atoms with E-state index in [0.717, 1.165) is 24.3 Å². The summed E-state index contributed by atoms with van der Waals surface area (Å²) in [5, 5.41) is 0. The number of hydrogen-bond donors (Lipinski definition) is 1. The second-order valence-corrected chi connectivity index (χ2v) is 6.53. The van der Waals surface area contributed by atoms with E-state index in [1.54, 1.807) is 0 Å². The highest BCUT2D eigenvalue weighted by molar-refractivity contribution is 4.85. The molecular formula is C16H27F2N. The van der Waals surface area contributed by atoms with Crippen molar-refractivity contribution < 1.29 is 8.78 Å². The number of halogens is 2. The fraction of sp³-hybridized carbons (Fsp3) is 0.875. The van der Waals surface area contributed by atoms with E-state index < -0.39 is 6.08 Å². The second-order valence-electron chi connectivity index (χ2n) is 6.53. The van der Waals surface area contributed by atoms with E-state index >= 15 is 0 Å². The van der Waals surface area contributed by atoms with Crippen molar-refractivity contribution in [1.29, 1.82) is 0 Å². The molecule has 110 valence electrons. The van der Waals surface area contributed by atoms with Gasteiger partial charge >= 0.3 is 0 Å². The standard InChI is InChI=1S/C16H27F2N/c17-16(18)3-1-2-12-4-6-13(7-5-12)14-8-10-15(19)11-9-14/h3,12-15H,1-2,4-11,19H2. The molecule has 2 aliphatic carbocycles. The van der Waals surface area contributed by atoms with Gasteiger partial charge in [0.2, 0.25) is 0 Å². The van der Waals surface area contributed by atoms with Crippen molar-refractivity contribution in [1.82, 2.24) is 0 Å². The highest BCUT2D eigenvalue weighted by Crippen LogP contribution is 2.40. The van der Waals surface area contributed by atoms with E-state index in [0.29, 0.717) is 18.4 Å². The van der Waals surface area contributed by atoms with Crippen molar-refractivity contribution in [3.8, 4) is 0 Å². The van der Waals surface area contributed by atoms with Gasteiger partial charge in [-0.2, -0.15) is 8.78 Å². The van der Waals surface area contributed by atoms with Crippen molar-refractivity contribution in [2.45, 2.75) is 70.3 Å². The van der Waals surface area contributed by atoms with Crippen LogP contribution in [0.3, 0.4) is 0 Å². The Morgan fingerprint density at radius 1 is 0.895 bits per heavy atom. The number of allylic oxidation sites excluding steroid dienone is 1. The van der Waals surface area contributed by atoms with Gasteiger partial charge in [-0.15, -0.1) is 0 Å². The molecule has 0 aliphatic heterocycles. The Morgan fingerprint density at radius 3 is 1.95 bits per heavy atom. The summed E-state index contributed by atoms with van der Waals surface area (Å²) >= 11 is 0. The highest BCUT2D eigenvalue weighted by Gasteiger charge is 2.29. The molecule has 0 saturated heterocycles. The first kappa shape index (κ1) is 15.0. The van der Waals surface area contributed by atoms with Crippen molar-refractivity contribution in [3.63, 3.8) is 0 Å². The van der Waals surface area contributed by atoms with E-state index in [1.165, 1.54) is 51.4 Å². The molecule has 0 radical (unpaired) electrons. The molecule has 2 rings (SSSR count). The lowest BCUT2D eigenvalue weighted by atomic mass is 9.70. The third-order valence-electron chi connectivity index (χ3n) is 5.25. The Balaban J connectivity index is 1.66. The molecule has 0 atom stereocenters. The summed E-state index contributed by atoms with van der Waals surface area (Å²) in [6, 6.07) is 0.440. The first-order valence-electron chi connectivity index (χ1n) is 7.92. The lowest BCUT2D eigenvalue weighted by Crippen LogP contribution is -2.31. The summed E-state index contributed by atoms with van der Waals surface area (Å²) in [6.45, 7) is 0. The normalized spacial score (nSPS) is 35.9. The zero-order valence-electron chi connectivity index (χ0n) is 11.8. The lowest BCUT2D eigenvalue weighted by molar-refractivity contribution is 0.157. The van der Waals surface area contributed by atoms with Gasteiger partial charge in [0.1, 0.15) is 0 Å². The largest absolute Gasteiger partial charge is 0.328 e. The van der Waals surface area contributed by atoms with Gasteiger partial charge < -0.3 is 5.73 Å². The Labute approximate surface area is 115 Å². The molecule has 0 heterocycles. The van der Waals surface area contributed by atoms with Crippen LogP contribution < -0.4 is 5.73 Å². The van der Waals surface area contributed by atoms with Gasteiger partial charge in [-0.25, -0.2) is 0 Å². The van der Waals surface area contributed by atoms with E-state index in [1.807, 2.05) is 0 Å². The van der Waals surface area contributed by atoms with Gasteiger partial charge in [-0.3, -0.25) is 0 Å². The number of rotatable bonds is 4. The van der Waals surface area contributed by atoms with E-state index in [4.69, 9.17) is 5.73 Å². The molecule has 2 aliphatic rings. The highest BCUT2D eigenvalue weighted by atomic mass is 19.3. The minimum Gasteiger partial charge on any atom is -0.328 e. The number of nitrogens with two attached hydrogens (primary N) is 1. The zero-order valence-corrected chi connectivity index (χ0v) is 11.8. The molecule has 2 fully saturated rings. The minimum absolute atomic E-state index is 0.440. The molecule has 2 saturated carbocycles. The Hall–Kier alpha value is -0.440. The Bertz CT molecular complexity index is 283. The van der Waals surface area contributed by atoms with Crippen LogP contribution in [0.5, 0.6) is 0 Å². The summed E-state index contributed by atoms with van der Waals surface area (Å²) in [5.41, 5.74) is 5.96. The van der Waals surface area contributed by atoms with E-state index in [2.05, 4.69) is 0 Å². The summed E-state index contributed by atoms with van der Waals surface area (Å²) in [6.07, 6.45) is 11.2. The maximum atomic E-state index is 12.0. The van der Waals surface area contributed by atoms with Crippen LogP contribution in [0.4, 0.5) is 8.78 Å². The van der Waals surface area contributed by atoms with Crippen molar-refractivity contribution in [3.05, 3.63) is 12.2 Å². The molecule has 2 N–H and O–H groups in total. The summed E-state index contributed by atoms with van der Waals surface area (Å²) in [4.78, 5) is 0. The quantitative estimate of drug-likeness (QED) is 0.775. The van der Waals surface area contributed by atoms with Gasteiger partial charge in [0, 0.05) is 6.04 Å². The first-order valence-corrected chi connectivity index (χ1v) is 7.92. The maximum absolute atomic E-state index is 12.0. The molecule has 3 heteroatoms. The zero-order chi connectivity index (χ0) is 13.7. The third-order valence-corrected chi connectivity index (χ3v) is 5.25. The Kier molecular flexibility index (Phi) is 5.80. The van der Waals surface area contributed by atoms with Crippen LogP contribution >= 0.6 is 0 Å².